The fourth-order valence-corrected chi connectivity index (χ4v) is 2.65. The van der Waals surface area contributed by atoms with Gasteiger partial charge < -0.3 is 9.80 Å². The number of benzene rings is 2. The first-order chi connectivity index (χ1) is 11.2. The second-order valence-corrected chi connectivity index (χ2v) is 5.08. The Morgan fingerprint density at radius 1 is 0.760 bits per heavy atom. The zero-order valence-corrected chi connectivity index (χ0v) is 15.4. The monoisotopic (exact) mass is 342 g/mol. The first-order valence-corrected chi connectivity index (χ1v) is 8.52. The Labute approximate surface area is 156 Å². The summed E-state index contributed by atoms with van der Waals surface area (Å²) in [6.07, 6.45) is 0. The molecule has 0 aromatic heterocycles. The molecule has 0 fully saturated rings. The highest BCUT2D eigenvalue weighted by molar-refractivity contribution is 5.92. The topological polar surface area (TPSA) is 6.48 Å². The summed E-state index contributed by atoms with van der Waals surface area (Å²) in [4.78, 5) is 4.59. The molecule has 0 amide bonds. The third kappa shape index (κ3) is 5.38. The van der Waals surface area contributed by atoms with E-state index in [1.165, 1.54) is 22.7 Å². The smallest absolute Gasteiger partial charge is 0.0655 e. The average molecular weight is 343 g/mol. The van der Waals surface area contributed by atoms with E-state index in [1.54, 1.807) is 0 Å². The summed E-state index contributed by atoms with van der Waals surface area (Å²) < 4.78 is 0. The average Bonchev–Trinajstić information content (AvgIpc) is 2.62. The maximum absolute atomic E-state index is 4.06. The standard InChI is InChI=1S/C17H18N2.2C2H6.2CH4/c1-13(2)12-19-16-10-6-4-8-14(16)18(3)15-9-5-7-11-17(15)19;2*1-2;;/h4-11H,1,12H2,2-3H3;2*1-2H3;2*1H4. The van der Waals surface area contributed by atoms with Gasteiger partial charge in [0.25, 0.3) is 0 Å². The van der Waals surface area contributed by atoms with Crippen molar-refractivity contribution in [1.29, 1.82) is 0 Å². The third-order valence-electron chi connectivity index (χ3n) is 3.50. The Bertz CT molecular complexity index is 584. The van der Waals surface area contributed by atoms with Crippen LogP contribution in [0.4, 0.5) is 22.7 Å². The van der Waals surface area contributed by atoms with Crippen molar-refractivity contribution in [2.75, 3.05) is 23.4 Å². The van der Waals surface area contributed by atoms with Crippen molar-refractivity contribution in [3.8, 4) is 0 Å². The molecule has 2 heteroatoms. The van der Waals surface area contributed by atoms with E-state index < -0.39 is 0 Å². The Morgan fingerprint density at radius 2 is 1.08 bits per heavy atom. The van der Waals surface area contributed by atoms with E-state index in [2.05, 4.69) is 78.9 Å². The van der Waals surface area contributed by atoms with Gasteiger partial charge in [-0.15, -0.1) is 0 Å². The molecule has 2 aromatic rings. The molecule has 0 radical (unpaired) electrons. The van der Waals surface area contributed by atoms with Crippen LogP contribution in [0.2, 0.25) is 0 Å². The van der Waals surface area contributed by atoms with Crippen molar-refractivity contribution in [2.24, 2.45) is 0 Å². The van der Waals surface area contributed by atoms with E-state index in [9.17, 15) is 0 Å². The summed E-state index contributed by atoms with van der Waals surface area (Å²) in [5.74, 6) is 0. The summed E-state index contributed by atoms with van der Waals surface area (Å²) in [6.45, 7) is 15.0. The molecule has 1 aliphatic heterocycles. The van der Waals surface area contributed by atoms with Crippen LogP contribution in [0.15, 0.2) is 60.7 Å². The fourth-order valence-electron chi connectivity index (χ4n) is 2.65. The van der Waals surface area contributed by atoms with E-state index in [-0.39, 0.29) is 14.9 Å². The minimum absolute atomic E-state index is 0. The predicted octanol–water partition coefficient (Wildman–Crippen LogP) is 7.81. The molecule has 3 rings (SSSR count). The molecule has 0 N–H and O–H groups in total. The number of hydrogen-bond acceptors (Lipinski definition) is 2. The predicted molar refractivity (Wildman–Crippen MR) is 119 cm³/mol. The Morgan fingerprint density at radius 3 is 1.40 bits per heavy atom. The van der Waals surface area contributed by atoms with Crippen LogP contribution in [0.5, 0.6) is 0 Å². The number of fused-ring (bicyclic) bond motifs is 2. The number of nitrogens with zero attached hydrogens (tertiary/aromatic N) is 2. The normalized spacial score (nSPS) is 10.3. The largest absolute Gasteiger partial charge is 0.341 e. The van der Waals surface area contributed by atoms with Crippen LogP contribution in [-0.4, -0.2) is 13.6 Å². The minimum Gasteiger partial charge on any atom is -0.341 e. The third-order valence-corrected chi connectivity index (χ3v) is 3.50. The quantitative estimate of drug-likeness (QED) is 0.513. The first kappa shape index (κ1) is 25.0. The summed E-state index contributed by atoms with van der Waals surface area (Å²) >= 11 is 0. The molecule has 25 heavy (non-hydrogen) atoms. The molecule has 0 bridgehead atoms. The summed E-state index contributed by atoms with van der Waals surface area (Å²) in [7, 11) is 2.12. The van der Waals surface area contributed by atoms with E-state index in [0.29, 0.717) is 0 Å². The van der Waals surface area contributed by atoms with Gasteiger partial charge in [0.1, 0.15) is 0 Å². The molecular weight excluding hydrogens is 304 g/mol. The summed E-state index contributed by atoms with van der Waals surface area (Å²) in [5.41, 5.74) is 6.12. The SMILES string of the molecule is C.C.C=C(C)CN1c2ccccc2N(C)c2ccccc21.CC.CC. The molecule has 140 valence electrons. The second-order valence-electron chi connectivity index (χ2n) is 5.08. The van der Waals surface area contributed by atoms with Crippen molar-refractivity contribution in [2.45, 2.75) is 49.5 Å². The van der Waals surface area contributed by atoms with Crippen LogP contribution in [0, 0.1) is 0 Å². The minimum atomic E-state index is 0. The lowest BCUT2D eigenvalue weighted by molar-refractivity contribution is 1.00. The van der Waals surface area contributed by atoms with Crippen LogP contribution in [-0.2, 0) is 0 Å². The highest BCUT2D eigenvalue weighted by atomic mass is 15.3. The molecule has 0 unspecified atom stereocenters. The van der Waals surface area contributed by atoms with E-state index in [4.69, 9.17) is 0 Å². The number of anilines is 4. The van der Waals surface area contributed by atoms with Crippen molar-refractivity contribution < 1.29 is 0 Å². The zero-order valence-electron chi connectivity index (χ0n) is 15.4. The molecule has 2 nitrogen and oxygen atoms in total. The lowest BCUT2D eigenvalue weighted by atomic mass is 10.1. The van der Waals surface area contributed by atoms with Gasteiger partial charge in [0.05, 0.1) is 22.7 Å². The van der Waals surface area contributed by atoms with Crippen LogP contribution in [0.1, 0.15) is 49.5 Å². The zero-order chi connectivity index (χ0) is 17.4. The number of para-hydroxylation sites is 4. The molecule has 0 atom stereocenters. The molecule has 0 saturated heterocycles. The van der Waals surface area contributed by atoms with E-state index in [1.807, 2.05) is 27.7 Å². The molecule has 0 spiro atoms. The van der Waals surface area contributed by atoms with Gasteiger partial charge >= 0.3 is 0 Å². The molecule has 2 aromatic carbocycles. The first-order valence-electron chi connectivity index (χ1n) is 8.52. The van der Waals surface area contributed by atoms with Gasteiger partial charge in [-0.2, -0.15) is 0 Å². The van der Waals surface area contributed by atoms with Gasteiger partial charge in [-0.1, -0.05) is 79.0 Å². The second kappa shape index (κ2) is 12.2. The van der Waals surface area contributed by atoms with E-state index in [0.717, 1.165) is 12.1 Å². The Hall–Kier alpha value is -2.22. The Balaban J connectivity index is 0. The van der Waals surface area contributed by atoms with E-state index >= 15 is 0 Å². The van der Waals surface area contributed by atoms with Gasteiger partial charge in [0.15, 0.2) is 0 Å². The van der Waals surface area contributed by atoms with Crippen LogP contribution >= 0.6 is 0 Å². The fraction of sp³-hybridized carbons (Fsp3) is 0.391. The maximum Gasteiger partial charge on any atom is 0.0655 e. The maximum atomic E-state index is 4.06. The van der Waals surface area contributed by atoms with Gasteiger partial charge in [-0.05, 0) is 31.2 Å². The van der Waals surface area contributed by atoms with Crippen molar-refractivity contribution in [3.05, 3.63) is 60.7 Å². The van der Waals surface area contributed by atoms with Gasteiger partial charge in [0.2, 0.25) is 0 Å². The van der Waals surface area contributed by atoms with Crippen molar-refractivity contribution in [3.63, 3.8) is 0 Å². The van der Waals surface area contributed by atoms with Crippen molar-refractivity contribution >= 4 is 22.7 Å². The highest BCUT2D eigenvalue weighted by Gasteiger charge is 2.25. The Kier molecular flexibility index (Phi) is 12.2. The molecular formula is C23H38N2. The number of rotatable bonds is 2. The molecule has 1 heterocycles. The van der Waals surface area contributed by atoms with Gasteiger partial charge in [-0.3, -0.25) is 0 Å². The summed E-state index contributed by atoms with van der Waals surface area (Å²) in [5, 5.41) is 0. The van der Waals surface area contributed by atoms with Crippen LogP contribution in [0.25, 0.3) is 0 Å². The lowest BCUT2D eigenvalue weighted by Crippen LogP contribution is -2.28. The van der Waals surface area contributed by atoms with Crippen LogP contribution < -0.4 is 9.80 Å². The summed E-state index contributed by atoms with van der Waals surface area (Å²) in [6, 6.07) is 17.0. The van der Waals surface area contributed by atoms with Crippen molar-refractivity contribution in [1.82, 2.24) is 0 Å². The van der Waals surface area contributed by atoms with Crippen LogP contribution in [0.3, 0.4) is 0 Å². The molecule has 0 aliphatic carbocycles. The lowest BCUT2D eigenvalue weighted by Gasteiger charge is -2.38. The molecule has 0 saturated carbocycles. The highest BCUT2D eigenvalue weighted by Crippen LogP contribution is 2.46. The molecule has 1 aliphatic rings. The number of hydrogen-bond donors (Lipinski definition) is 0. The van der Waals surface area contributed by atoms with Gasteiger partial charge in [0, 0.05) is 13.6 Å². The van der Waals surface area contributed by atoms with Gasteiger partial charge in [-0.25, -0.2) is 0 Å².